The predicted molar refractivity (Wildman–Crippen MR) is 106 cm³/mol. The summed E-state index contributed by atoms with van der Waals surface area (Å²) in [7, 11) is 0. The van der Waals surface area contributed by atoms with Crippen LogP contribution in [0, 0.1) is 17.6 Å². The number of hydrogen-bond donors (Lipinski definition) is 0. The number of nitrogens with zero attached hydrogens (tertiary/aromatic N) is 4. The zero-order chi connectivity index (χ0) is 21.8. The number of aryl methyl sites for hydroxylation is 1. The molecule has 2 aromatic heterocycles. The Kier molecular flexibility index (Phi) is 6.11. The zero-order valence-electron chi connectivity index (χ0n) is 16.6. The number of rotatable bonds is 6. The Balaban J connectivity index is 1.28. The third kappa shape index (κ3) is 4.82. The highest BCUT2D eigenvalue weighted by molar-refractivity contribution is 5.98. The fraction of sp³-hybridized carbons (Fsp3) is 0.318. The van der Waals surface area contributed by atoms with Gasteiger partial charge in [-0.3, -0.25) is 14.6 Å². The lowest BCUT2D eigenvalue weighted by atomic mass is 9.88. The van der Waals surface area contributed by atoms with E-state index in [1.165, 1.54) is 0 Å². The first-order valence-corrected chi connectivity index (χ1v) is 10.0. The van der Waals surface area contributed by atoms with Crippen LogP contribution < -0.4 is 0 Å². The number of piperidine rings is 1. The van der Waals surface area contributed by atoms with E-state index in [0.717, 1.165) is 23.8 Å². The summed E-state index contributed by atoms with van der Waals surface area (Å²) in [5.41, 5.74) is 0.545. The van der Waals surface area contributed by atoms with Gasteiger partial charge in [0, 0.05) is 49.8 Å². The maximum atomic E-state index is 13.9. The minimum Gasteiger partial charge on any atom is -0.343 e. The minimum absolute atomic E-state index is 0.0773. The van der Waals surface area contributed by atoms with Crippen molar-refractivity contribution in [1.29, 1.82) is 0 Å². The first-order chi connectivity index (χ1) is 15.0. The quantitative estimate of drug-likeness (QED) is 0.561. The summed E-state index contributed by atoms with van der Waals surface area (Å²) in [6.07, 6.45) is 4.60. The SMILES string of the molecule is O=C(c1cc(F)ccc1F)C1CCN(C(=O)CCc2nc(-c3ccncc3)no2)CC1. The number of Topliss-reactive ketones (excluding diaryl/α,β-unsaturated/α-hetero) is 1. The number of pyridine rings is 1. The van der Waals surface area contributed by atoms with Crippen molar-refractivity contribution in [2.45, 2.75) is 25.7 Å². The maximum Gasteiger partial charge on any atom is 0.227 e. The van der Waals surface area contributed by atoms with Crippen LogP contribution in [-0.2, 0) is 11.2 Å². The third-order valence-corrected chi connectivity index (χ3v) is 5.37. The van der Waals surface area contributed by atoms with Crippen molar-refractivity contribution in [3.05, 3.63) is 65.8 Å². The Morgan fingerprint density at radius 3 is 2.58 bits per heavy atom. The molecular formula is C22H20F2N4O3. The first-order valence-electron chi connectivity index (χ1n) is 10.0. The second kappa shape index (κ2) is 9.11. The largest absolute Gasteiger partial charge is 0.343 e. The fourth-order valence-corrected chi connectivity index (χ4v) is 3.64. The van der Waals surface area contributed by atoms with E-state index in [1.54, 1.807) is 29.4 Å². The Bertz CT molecular complexity index is 1080. The highest BCUT2D eigenvalue weighted by Crippen LogP contribution is 2.24. The van der Waals surface area contributed by atoms with Gasteiger partial charge >= 0.3 is 0 Å². The molecule has 0 aliphatic carbocycles. The zero-order valence-corrected chi connectivity index (χ0v) is 16.6. The molecule has 1 saturated heterocycles. The van der Waals surface area contributed by atoms with Gasteiger partial charge in [0.05, 0.1) is 5.56 Å². The van der Waals surface area contributed by atoms with Crippen molar-refractivity contribution in [1.82, 2.24) is 20.0 Å². The Morgan fingerprint density at radius 2 is 1.84 bits per heavy atom. The number of hydrogen-bond acceptors (Lipinski definition) is 6. The van der Waals surface area contributed by atoms with Crippen molar-refractivity contribution < 1.29 is 22.9 Å². The molecule has 31 heavy (non-hydrogen) atoms. The molecule has 3 aromatic rings. The van der Waals surface area contributed by atoms with Gasteiger partial charge in [-0.1, -0.05) is 5.16 Å². The highest BCUT2D eigenvalue weighted by atomic mass is 19.1. The molecule has 1 aliphatic heterocycles. The standard InChI is InChI=1S/C22H20F2N4O3/c23-16-1-2-18(24)17(13-16)21(30)14-7-11-28(12-8-14)20(29)4-3-19-26-22(27-31-19)15-5-9-25-10-6-15/h1-2,5-6,9-10,13-14H,3-4,7-8,11-12H2. The molecule has 9 heteroatoms. The average Bonchev–Trinajstić information content (AvgIpc) is 3.28. The van der Waals surface area contributed by atoms with E-state index in [4.69, 9.17) is 4.52 Å². The number of halogens is 2. The Morgan fingerprint density at radius 1 is 1.10 bits per heavy atom. The van der Waals surface area contributed by atoms with Gasteiger partial charge in [-0.05, 0) is 43.2 Å². The van der Waals surface area contributed by atoms with Gasteiger partial charge in [0.2, 0.25) is 17.6 Å². The molecule has 1 amide bonds. The fourth-order valence-electron chi connectivity index (χ4n) is 3.64. The van der Waals surface area contributed by atoms with Crippen molar-refractivity contribution >= 4 is 11.7 Å². The first kappa shape index (κ1) is 20.8. The topological polar surface area (TPSA) is 89.2 Å². The summed E-state index contributed by atoms with van der Waals surface area (Å²) in [4.78, 5) is 35.0. The Hall–Kier alpha value is -3.49. The van der Waals surface area contributed by atoms with Gasteiger partial charge in [0.25, 0.3) is 0 Å². The summed E-state index contributed by atoms with van der Waals surface area (Å²) < 4.78 is 32.5. The van der Waals surface area contributed by atoms with Gasteiger partial charge < -0.3 is 9.42 Å². The van der Waals surface area contributed by atoms with E-state index in [0.29, 0.717) is 44.1 Å². The van der Waals surface area contributed by atoms with Crippen LogP contribution in [0.1, 0.15) is 35.5 Å². The van der Waals surface area contributed by atoms with E-state index in [-0.39, 0.29) is 17.9 Å². The molecule has 7 nitrogen and oxygen atoms in total. The van der Waals surface area contributed by atoms with Crippen molar-refractivity contribution in [2.75, 3.05) is 13.1 Å². The van der Waals surface area contributed by atoms with Crippen LogP contribution in [0.4, 0.5) is 8.78 Å². The van der Waals surface area contributed by atoms with E-state index in [9.17, 15) is 18.4 Å². The maximum absolute atomic E-state index is 13.9. The minimum atomic E-state index is -0.726. The number of aromatic nitrogens is 3. The lowest BCUT2D eigenvalue weighted by Gasteiger charge is -2.31. The number of ketones is 1. The van der Waals surface area contributed by atoms with Crippen LogP contribution in [0.2, 0.25) is 0 Å². The van der Waals surface area contributed by atoms with Crippen LogP contribution in [0.15, 0.2) is 47.2 Å². The number of carbonyl (C=O) groups excluding carboxylic acids is 2. The highest BCUT2D eigenvalue weighted by Gasteiger charge is 2.29. The molecule has 0 saturated carbocycles. The molecule has 0 atom stereocenters. The van der Waals surface area contributed by atoms with Crippen LogP contribution in [0.5, 0.6) is 0 Å². The van der Waals surface area contributed by atoms with Gasteiger partial charge in [-0.2, -0.15) is 4.98 Å². The summed E-state index contributed by atoms with van der Waals surface area (Å²) >= 11 is 0. The molecule has 0 unspecified atom stereocenters. The normalized spacial score (nSPS) is 14.6. The number of carbonyl (C=O) groups is 2. The Labute approximate surface area is 177 Å². The van der Waals surface area contributed by atoms with Crippen molar-refractivity contribution in [3.8, 4) is 11.4 Å². The number of likely N-dealkylation sites (tertiary alicyclic amines) is 1. The molecule has 0 spiro atoms. The summed E-state index contributed by atoms with van der Waals surface area (Å²) in [6.45, 7) is 0.774. The van der Waals surface area contributed by atoms with Crippen LogP contribution in [0.25, 0.3) is 11.4 Å². The van der Waals surface area contributed by atoms with E-state index in [2.05, 4.69) is 15.1 Å². The van der Waals surface area contributed by atoms with Crippen LogP contribution >= 0.6 is 0 Å². The van der Waals surface area contributed by atoms with Crippen molar-refractivity contribution in [3.63, 3.8) is 0 Å². The molecule has 0 N–H and O–H groups in total. The van der Waals surface area contributed by atoms with E-state index >= 15 is 0 Å². The van der Waals surface area contributed by atoms with E-state index in [1.807, 2.05) is 0 Å². The van der Waals surface area contributed by atoms with Crippen LogP contribution in [-0.4, -0.2) is 44.8 Å². The third-order valence-electron chi connectivity index (χ3n) is 5.37. The summed E-state index contributed by atoms with van der Waals surface area (Å²) in [5, 5.41) is 3.91. The summed E-state index contributed by atoms with van der Waals surface area (Å²) in [5.74, 6) is -1.49. The smallest absolute Gasteiger partial charge is 0.227 e. The number of amides is 1. The number of benzene rings is 1. The predicted octanol–water partition coefficient (Wildman–Crippen LogP) is 3.46. The molecule has 1 fully saturated rings. The molecule has 0 bridgehead atoms. The molecule has 1 aliphatic rings. The summed E-state index contributed by atoms with van der Waals surface area (Å²) in [6, 6.07) is 6.40. The van der Waals surface area contributed by atoms with E-state index < -0.39 is 23.3 Å². The lowest BCUT2D eigenvalue weighted by Crippen LogP contribution is -2.40. The van der Waals surface area contributed by atoms with Crippen molar-refractivity contribution in [2.24, 2.45) is 5.92 Å². The average molecular weight is 426 g/mol. The molecule has 4 rings (SSSR count). The molecule has 0 radical (unpaired) electrons. The molecular weight excluding hydrogens is 406 g/mol. The molecule has 1 aromatic carbocycles. The van der Waals surface area contributed by atoms with Gasteiger partial charge in [-0.15, -0.1) is 0 Å². The second-order valence-corrected chi connectivity index (χ2v) is 7.39. The lowest BCUT2D eigenvalue weighted by molar-refractivity contribution is -0.132. The van der Waals surface area contributed by atoms with Crippen LogP contribution in [0.3, 0.4) is 0 Å². The van der Waals surface area contributed by atoms with Gasteiger partial charge in [-0.25, -0.2) is 8.78 Å². The van der Waals surface area contributed by atoms with Gasteiger partial charge in [0.1, 0.15) is 11.6 Å². The monoisotopic (exact) mass is 426 g/mol. The second-order valence-electron chi connectivity index (χ2n) is 7.39. The van der Waals surface area contributed by atoms with Gasteiger partial charge in [0.15, 0.2) is 5.78 Å². The molecule has 3 heterocycles. The molecule has 160 valence electrons.